The van der Waals surface area contributed by atoms with Crippen LogP contribution in [0.25, 0.3) is 0 Å². The Hall–Kier alpha value is -3.30. The van der Waals surface area contributed by atoms with Gasteiger partial charge in [-0.2, -0.15) is 0 Å². The van der Waals surface area contributed by atoms with Crippen molar-refractivity contribution in [2.45, 2.75) is 52.3 Å². The van der Waals surface area contributed by atoms with Crippen molar-refractivity contribution in [2.24, 2.45) is 10.7 Å². The third-order valence-corrected chi connectivity index (χ3v) is 4.59. The molecule has 5 N–H and O–H groups in total. The number of alkyl carbamates (subject to hydrolysis) is 1. The molecule has 176 valence electrons. The first kappa shape index (κ1) is 25.0. The fourth-order valence-corrected chi connectivity index (χ4v) is 3.17. The topological polar surface area (TPSA) is 138 Å². The van der Waals surface area contributed by atoms with E-state index in [-0.39, 0.29) is 18.5 Å². The number of nitrogens with zero attached hydrogens (tertiary/aromatic N) is 2. The van der Waals surface area contributed by atoms with Crippen LogP contribution < -0.4 is 21.7 Å². The lowest BCUT2D eigenvalue weighted by Gasteiger charge is -2.23. The summed E-state index contributed by atoms with van der Waals surface area (Å²) in [5.41, 5.74) is 5.89. The molecule has 0 aliphatic carbocycles. The molecule has 0 saturated carbocycles. The molecule has 1 aliphatic rings. The highest BCUT2D eigenvalue weighted by molar-refractivity contribution is 5.96. The van der Waals surface area contributed by atoms with E-state index >= 15 is 0 Å². The SMILES string of the molecule is CCNC(=NCc1ccc(C(=O)NCC(N)=O)cc1)N1CCC(NC(=O)OC(C)(C)C)C1. The zero-order chi connectivity index (χ0) is 23.7. The van der Waals surface area contributed by atoms with Crippen LogP contribution in [0.3, 0.4) is 0 Å². The van der Waals surface area contributed by atoms with Gasteiger partial charge in [0.15, 0.2) is 5.96 Å². The van der Waals surface area contributed by atoms with E-state index in [9.17, 15) is 14.4 Å². The molecule has 10 nitrogen and oxygen atoms in total. The highest BCUT2D eigenvalue weighted by Crippen LogP contribution is 2.13. The van der Waals surface area contributed by atoms with Crippen molar-refractivity contribution in [3.63, 3.8) is 0 Å². The Kier molecular flexibility index (Phi) is 8.86. The number of hydrogen-bond acceptors (Lipinski definition) is 5. The first-order chi connectivity index (χ1) is 15.1. The van der Waals surface area contributed by atoms with Crippen molar-refractivity contribution in [2.75, 3.05) is 26.2 Å². The van der Waals surface area contributed by atoms with Gasteiger partial charge >= 0.3 is 6.09 Å². The van der Waals surface area contributed by atoms with Gasteiger partial charge in [0.05, 0.1) is 19.1 Å². The van der Waals surface area contributed by atoms with E-state index < -0.39 is 17.6 Å². The number of likely N-dealkylation sites (tertiary alicyclic amines) is 1. The van der Waals surface area contributed by atoms with E-state index in [2.05, 4.69) is 20.9 Å². The molecule has 0 radical (unpaired) electrons. The number of rotatable bonds is 7. The van der Waals surface area contributed by atoms with E-state index in [0.29, 0.717) is 18.7 Å². The number of primary amides is 1. The van der Waals surface area contributed by atoms with Crippen LogP contribution in [-0.2, 0) is 16.1 Å². The molecule has 0 aromatic heterocycles. The molecular formula is C22H34N6O4. The summed E-state index contributed by atoms with van der Waals surface area (Å²) in [6.45, 7) is 9.88. The molecule has 1 aliphatic heterocycles. The van der Waals surface area contributed by atoms with Gasteiger partial charge in [-0.3, -0.25) is 9.59 Å². The molecule has 1 heterocycles. The van der Waals surface area contributed by atoms with Gasteiger partial charge in [0, 0.05) is 25.2 Å². The maximum Gasteiger partial charge on any atom is 0.407 e. The summed E-state index contributed by atoms with van der Waals surface area (Å²) in [6.07, 6.45) is 0.393. The zero-order valence-corrected chi connectivity index (χ0v) is 19.2. The number of benzene rings is 1. The number of guanidine groups is 1. The van der Waals surface area contributed by atoms with Crippen LogP contribution in [0.1, 0.15) is 50.0 Å². The standard InChI is InChI=1S/C22H34N6O4/c1-5-24-20(28-11-10-17(14-28)27-21(31)32-22(2,3)4)26-12-15-6-8-16(9-7-15)19(30)25-13-18(23)29/h6-9,17H,5,10-14H2,1-4H3,(H2,23,29)(H,24,26)(H,25,30)(H,27,31). The Balaban J connectivity index is 1.93. The molecule has 2 rings (SSSR count). The minimum absolute atomic E-state index is 0.00750. The Morgan fingerprint density at radius 1 is 1.19 bits per heavy atom. The molecule has 1 aromatic carbocycles. The molecule has 1 aromatic rings. The van der Waals surface area contributed by atoms with E-state index in [1.807, 2.05) is 39.8 Å². The average molecular weight is 447 g/mol. The number of nitrogens with one attached hydrogen (secondary N) is 3. The molecule has 32 heavy (non-hydrogen) atoms. The van der Waals surface area contributed by atoms with Crippen molar-refractivity contribution in [1.82, 2.24) is 20.9 Å². The Bertz CT molecular complexity index is 832. The molecule has 0 bridgehead atoms. The summed E-state index contributed by atoms with van der Waals surface area (Å²) in [5.74, 6) is -0.178. The zero-order valence-electron chi connectivity index (χ0n) is 19.2. The summed E-state index contributed by atoms with van der Waals surface area (Å²) in [4.78, 5) is 41.6. The summed E-state index contributed by atoms with van der Waals surface area (Å²) in [5, 5.41) is 8.66. The summed E-state index contributed by atoms with van der Waals surface area (Å²) >= 11 is 0. The number of aliphatic imine (C=N–C) groups is 1. The molecule has 1 unspecified atom stereocenters. The van der Waals surface area contributed by atoms with Crippen LogP contribution in [0, 0.1) is 0 Å². The molecule has 1 saturated heterocycles. The van der Waals surface area contributed by atoms with Gasteiger partial charge in [-0.05, 0) is 51.8 Å². The fourth-order valence-electron chi connectivity index (χ4n) is 3.17. The van der Waals surface area contributed by atoms with Gasteiger partial charge in [-0.1, -0.05) is 12.1 Å². The smallest absolute Gasteiger partial charge is 0.407 e. The summed E-state index contributed by atoms with van der Waals surface area (Å²) in [7, 11) is 0. The van der Waals surface area contributed by atoms with Gasteiger partial charge in [-0.15, -0.1) is 0 Å². The lowest BCUT2D eigenvalue weighted by molar-refractivity contribution is -0.117. The maximum absolute atomic E-state index is 12.0. The third-order valence-electron chi connectivity index (χ3n) is 4.59. The minimum atomic E-state index is -0.592. The van der Waals surface area contributed by atoms with Crippen LogP contribution in [0.4, 0.5) is 4.79 Å². The number of ether oxygens (including phenoxy) is 1. The van der Waals surface area contributed by atoms with E-state index in [1.165, 1.54) is 0 Å². The fraction of sp³-hybridized carbons (Fsp3) is 0.545. The predicted molar refractivity (Wildman–Crippen MR) is 122 cm³/mol. The second kappa shape index (κ2) is 11.4. The maximum atomic E-state index is 12.0. The second-order valence-electron chi connectivity index (χ2n) is 8.59. The number of nitrogens with two attached hydrogens (primary N) is 1. The molecule has 10 heteroatoms. The first-order valence-electron chi connectivity index (χ1n) is 10.8. The van der Waals surface area contributed by atoms with Gasteiger partial charge in [-0.25, -0.2) is 9.79 Å². The van der Waals surface area contributed by atoms with Crippen LogP contribution in [0.15, 0.2) is 29.3 Å². The van der Waals surface area contributed by atoms with Gasteiger partial charge in [0.25, 0.3) is 5.91 Å². The minimum Gasteiger partial charge on any atom is -0.444 e. The normalized spacial score (nSPS) is 16.4. The first-order valence-corrected chi connectivity index (χ1v) is 10.8. The van der Waals surface area contributed by atoms with E-state index in [0.717, 1.165) is 31.0 Å². The van der Waals surface area contributed by atoms with Gasteiger partial charge < -0.3 is 31.3 Å². The number of amides is 3. The van der Waals surface area contributed by atoms with Crippen LogP contribution >= 0.6 is 0 Å². The van der Waals surface area contributed by atoms with Crippen molar-refractivity contribution in [1.29, 1.82) is 0 Å². The van der Waals surface area contributed by atoms with E-state index in [4.69, 9.17) is 15.5 Å². The highest BCUT2D eigenvalue weighted by Gasteiger charge is 2.27. The summed E-state index contributed by atoms with van der Waals surface area (Å²) in [6, 6.07) is 7.01. The largest absolute Gasteiger partial charge is 0.444 e. The van der Waals surface area contributed by atoms with Crippen LogP contribution in [0.2, 0.25) is 0 Å². The Labute approximate surface area is 189 Å². The lowest BCUT2D eigenvalue weighted by atomic mass is 10.1. The highest BCUT2D eigenvalue weighted by atomic mass is 16.6. The molecule has 1 atom stereocenters. The van der Waals surface area contributed by atoms with Crippen LogP contribution in [0.5, 0.6) is 0 Å². The monoisotopic (exact) mass is 446 g/mol. The Morgan fingerprint density at radius 3 is 2.47 bits per heavy atom. The molecule has 0 spiro atoms. The molecular weight excluding hydrogens is 412 g/mol. The number of carbonyl (C=O) groups excluding carboxylic acids is 3. The van der Waals surface area contributed by atoms with Crippen molar-refractivity contribution >= 4 is 23.9 Å². The Morgan fingerprint density at radius 2 is 1.88 bits per heavy atom. The quantitative estimate of drug-likeness (QED) is 0.364. The van der Waals surface area contributed by atoms with E-state index in [1.54, 1.807) is 12.1 Å². The summed E-state index contributed by atoms with van der Waals surface area (Å²) < 4.78 is 5.34. The average Bonchev–Trinajstić information content (AvgIpc) is 3.16. The number of hydrogen-bond donors (Lipinski definition) is 4. The van der Waals surface area contributed by atoms with Gasteiger partial charge in [0.2, 0.25) is 5.91 Å². The van der Waals surface area contributed by atoms with Crippen molar-refractivity contribution < 1.29 is 19.1 Å². The number of carbonyl (C=O) groups is 3. The van der Waals surface area contributed by atoms with Crippen molar-refractivity contribution in [3.05, 3.63) is 35.4 Å². The van der Waals surface area contributed by atoms with Crippen LogP contribution in [-0.4, -0.2) is 66.6 Å². The van der Waals surface area contributed by atoms with Gasteiger partial charge in [0.1, 0.15) is 5.60 Å². The predicted octanol–water partition coefficient (Wildman–Crippen LogP) is 0.966. The van der Waals surface area contributed by atoms with Crippen molar-refractivity contribution in [3.8, 4) is 0 Å². The third kappa shape index (κ3) is 8.44. The second-order valence-corrected chi connectivity index (χ2v) is 8.59. The molecule has 3 amide bonds. The molecule has 1 fully saturated rings. The lowest BCUT2D eigenvalue weighted by Crippen LogP contribution is -2.44.